The maximum absolute atomic E-state index is 14.7. The van der Waals surface area contributed by atoms with E-state index in [0.717, 1.165) is 71.2 Å². The topological polar surface area (TPSA) is 108 Å². The number of thiophene rings is 1. The predicted molar refractivity (Wildman–Crippen MR) is 189 cm³/mol. The Morgan fingerprint density at radius 2 is 1.82 bits per heavy atom. The summed E-state index contributed by atoms with van der Waals surface area (Å²) in [6.07, 6.45) is 6.01. The van der Waals surface area contributed by atoms with Crippen molar-refractivity contribution in [3.05, 3.63) is 118 Å². The number of benzene rings is 2. The molecule has 5 aromatic rings. The average Bonchev–Trinajstić information content (AvgIpc) is 3.46. The number of nitrogens with zero attached hydrogens (tertiary/aromatic N) is 3. The molecule has 2 N–H and O–H groups in total. The van der Waals surface area contributed by atoms with Gasteiger partial charge in [0.15, 0.2) is 0 Å². The Kier molecular flexibility index (Phi) is 7.88. The molecule has 6 heterocycles. The first-order chi connectivity index (χ1) is 23.7. The number of hydrogen-bond donors (Lipinski definition) is 2. The Hall–Kier alpha value is -5.13. The first-order valence-corrected chi connectivity index (χ1v) is 17.2. The van der Waals surface area contributed by atoms with Crippen molar-refractivity contribution in [2.24, 2.45) is 5.41 Å². The lowest BCUT2D eigenvalue weighted by molar-refractivity contribution is -0.000510. The third-order valence-electron chi connectivity index (χ3n) is 9.76. The molecular weight excluding hydrogens is 642 g/mol. The monoisotopic (exact) mass is 675 g/mol. The van der Waals surface area contributed by atoms with Gasteiger partial charge in [0.1, 0.15) is 11.6 Å². The van der Waals surface area contributed by atoms with Crippen LogP contribution in [0.5, 0.6) is 0 Å². The van der Waals surface area contributed by atoms with E-state index in [1.807, 2.05) is 25.1 Å². The van der Waals surface area contributed by atoms with Crippen LogP contribution in [-0.4, -0.2) is 54.6 Å². The van der Waals surface area contributed by atoms with E-state index in [1.165, 1.54) is 23.5 Å². The van der Waals surface area contributed by atoms with Crippen LogP contribution in [0.1, 0.15) is 44.7 Å². The van der Waals surface area contributed by atoms with Crippen molar-refractivity contribution in [2.75, 3.05) is 48.0 Å². The van der Waals surface area contributed by atoms with Crippen molar-refractivity contribution in [3.63, 3.8) is 0 Å². The Labute approximate surface area is 286 Å². The highest BCUT2D eigenvalue weighted by atomic mass is 32.1. The number of halogens is 1. The third kappa shape index (κ3) is 5.93. The van der Waals surface area contributed by atoms with Crippen LogP contribution in [0.15, 0.2) is 83.9 Å². The summed E-state index contributed by atoms with van der Waals surface area (Å²) in [5.41, 5.74) is 5.53. The second-order valence-electron chi connectivity index (χ2n) is 13.2. The maximum atomic E-state index is 14.7. The first-order valence-electron chi connectivity index (χ1n) is 16.4. The van der Waals surface area contributed by atoms with E-state index in [9.17, 15) is 18.8 Å². The predicted octanol–water partition coefficient (Wildman–Crippen LogP) is 6.68. The van der Waals surface area contributed by atoms with Gasteiger partial charge >= 0.3 is 0 Å². The summed E-state index contributed by atoms with van der Waals surface area (Å²) in [6.45, 7) is 5.53. The zero-order valence-electron chi connectivity index (χ0n) is 26.9. The fraction of sp³-hybridized carbons (Fsp3) is 0.263. The zero-order chi connectivity index (χ0) is 33.7. The molecule has 49 heavy (non-hydrogen) atoms. The molecule has 0 saturated carbocycles. The number of aromatic amines is 1. The number of aromatic nitrogens is 2. The molecule has 9 nitrogen and oxygen atoms in total. The van der Waals surface area contributed by atoms with Crippen LogP contribution < -0.4 is 20.7 Å². The zero-order valence-corrected chi connectivity index (χ0v) is 27.7. The largest absolute Gasteiger partial charge is 0.381 e. The number of amides is 2. The van der Waals surface area contributed by atoms with Gasteiger partial charge in [-0.15, -0.1) is 11.3 Å². The highest BCUT2D eigenvalue weighted by Crippen LogP contribution is 2.45. The molecule has 3 aliphatic heterocycles. The summed E-state index contributed by atoms with van der Waals surface area (Å²) >= 11 is 1.52. The van der Waals surface area contributed by atoms with Crippen molar-refractivity contribution in [3.8, 4) is 20.9 Å². The molecule has 0 atom stereocenters. The minimum Gasteiger partial charge on any atom is -0.381 e. The number of aryl methyl sites for hydroxylation is 1. The third-order valence-corrected chi connectivity index (χ3v) is 11.0. The van der Waals surface area contributed by atoms with E-state index in [0.29, 0.717) is 41.3 Å². The van der Waals surface area contributed by atoms with Gasteiger partial charge in [-0.1, -0.05) is 0 Å². The molecule has 0 unspecified atom stereocenters. The number of pyridine rings is 2. The number of anilines is 3. The van der Waals surface area contributed by atoms with Gasteiger partial charge < -0.3 is 24.8 Å². The summed E-state index contributed by atoms with van der Waals surface area (Å²) in [7, 11) is 0. The summed E-state index contributed by atoms with van der Waals surface area (Å²) in [5, 5.41) is 2.99. The van der Waals surface area contributed by atoms with Gasteiger partial charge in [0.25, 0.3) is 11.8 Å². The normalized spacial score (nSPS) is 16.4. The van der Waals surface area contributed by atoms with Crippen LogP contribution >= 0.6 is 11.3 Å². The van der Waals surface area contributed by atoms with Crippen LogP contribution in [0, 0.1) is 18.2 Å². The van der Waals surface area contributed by atoms with Crippen molar-refractivity contribution in [1.82, 2.24) is 9.97 Å². The molecule has 2 amide bonds. The first kappa shape index (κ1) is 31.2. The molecule has 3 aromatic heterocycles. The SMILES string of the molecule is Cc1cnc(N2CC3(CCOCC3)C2)c(C(=O)Nc2ccc(C(=O)N3CCc4cc(-c5cc[nH]c(=O)c5)sc4-c4ccc(F)cc43)cc2)c1. The number of fused-ring (bicyclic) bond motifs is 3. The molecule has 2 saturated heterocycles. The van der Waals surface area contributed by atoms with E-state index >= 15 is 0 Å². The van der Waals surface area contributed by atoms with Crippen molar-refractivity contribution in [2.45, 2.75) is 26.2 Å². The van der Waals surface area contributed by atoms with E-state index < -0.39 is 5.82 Å². The van der Waals surface area contributed by atoms with E-state index in [2.05, 4.69) is 20.2 Å². The van der Waals surface area contributed by atoms with E-state index in [1.54, 1.807) is 53.7 Å². The Balaban J connectivity index is 1.01. The number of carbonyl (C=O) groups is 2. The fourth-order valence-electron chi connectivity index (χ4n) is 7.13. The lowest BCUT2D eigenvalue weighted by atomic mass is 9.73. The minimum atomic E-state index is -0.435. The average molecular weight is 676 g/mol. The second-order valence-corrected chi connectivity index (χ2v) is 14.2. The Morgan fingerprint density at radius 3 is 2.59 bits per heavy atom. The molecule has 0 aliphatic carbocycles. The molecule has 0 bridgehead atoms. The molecule has 3 aliphatic rings. The molecular formula is C38H34FN5O4S. The molecule has 2 fully saturated rings. The van der Waals surface area contributed by atoms with Gasteiger partial charge in [-0.05, 0) is 104 Å². The van der Waals surface area contributed by atoms with Crippen LogP contribution in [0.4, 0.5) is 21.6 Å². The molecule has 1 spiro atoms. The number of H-pyrrole nitrogens is 1. The number of ether oxygens (including phenoxy) is 1. The summed E-state index contributed by atoms with van der Waals surface area (Å²) in [5.74, 6) is -0.284. The van der Waals surface area contributed by atoms with Crippen LogP contribution in [0.3, 0.4) is 0 Å². The van der Waals surface area contributed by atoms with Gasteiger partial charge in [-0.25, -0.2) is 9.37 Å². The molecule has 0 radical (unpaired) electrons. The number of nitrogens with one attached hydrogen (secondary N) is 2. The summed E-state index contributed by atoms with van der Waals surface area (Å²) in [4.78, 5) is 52.4. The number of hydrogen-bond acceptors (Lipinski definition) is 7. The maximum Gasteiger partial charge on any atom is 0.259 e. The lowest BCUT2D eigenvalue weighted by Gasteiger charge is -2.53. The smallest absolute Gasteiger partial charge is 0.259 e. The second kappa shape index (κ2) is 12.4. The highest BCUT2D eigenvalue weighted by Gasteiger charge is 2.45. The Bertz CT molecular complexity index is 2150. The van der Waals surface area contributed by atoms with Gasteiger partial charge in [0.05, 0.1) is 11.3 Å². The van der Waals surface area contributed by atoms with Gasteiger partial charge in [-0.2, -0.15) is 0 Å². The molecule has 2 aromatic carbocycles. The fourth-order valence-corrected chi connectivity index (χ4v) is 8.37. The molecule has 8 rings (SSSR count). The van der Waals surface area contributed by atoms with Crippen LogP contribution in [0.25, 0.3) is 20.9 Å². The molecule has 11 heteroatoms. The quantitative estimate of drug-likeness (QED) is 0.215. The molecule has 248 valence electrons. The minimum absolute atomic E-state index is 0.182. The van der Waals surface area contributed by atoms with Crippen LogP contribution in [0.2, 0.25) is 0 Å². The number of rotatable bonds is 5. The summed E-state index contributed by atoms with van der Waals surface area (Å²) in [6, 6.07) is 18.6. The van der Waals surface area contributed by atoms with E-state index in [4.69, 9.17) is 4.74 Å². The van der Waals surface area contributed by atoms with Gasteiger partial charge in [0.2, 0.25) is 5.56 Å². The van der Waals surface area contributed by atoms with Crippen molar-refractivity contribution < 1.29 is 18.7 Å². The van der Waals surface area contributed by atoms with Gasteiger partial charge in [-0.3, -0.25) is 14.4 Å². The Morgan fingerprint density at radius 1 is 1.02 bits per heavy atom. The summed E-state index contributed by atoms with van der Waals surface area (Å²) < 4.78 is 20.2. The van der Waals surface area contributed by atoms with Gasteiger partial charge in [0, 0.05) is 83.3 Å². The van der Waals surface area contributed by atoms with E-state index in [-0.39, 0.29) is 22.8 Å². The van der Waals surface area contributed by atoms with Crippen LogP contribution in [-0.2, 0) is 11.2 Å². The standard InChI is InChI=1S/C38H34FN5O4S/c1-23-16-30(35(41-20-23)43-21-38(22-43)10-14-48-15-11-38)36(46)42-28-5-2-24(3-6-28)37(47)44-13-9-26-17-32(25-8-12-40-33(45)18-25)49-34(26)29-7-4-27(39)19-31(29)44/h2-8,12,16-20H,9-11,13-15,21-22H2,1H3,(H,40,45)(H,42,46). The number of carbonyl (C=O) groups excluding carboxylic acids is 2. The lowest BCUT2D eigenvalue weighted by Crippen LogP contribution is -2.59. The van der Waals surface area contributed by atoms with Crippen molar-refractivity contribution >= 4 is 40.3 Å². The van der Waals surface area contributed by atoms with Crippen molar-refractivity contribution in [1.29, 1.82) is 0 Å². The highest BCUT2D eigenvalue weighted by molar-refractivity contribution is 7.19.